The minimum Gasteiger partial charge on any atom is -0.496 e. The van der Waals surface area contributed by atoms with Gasteiger partial charge in [0.1, 0.15) is 12.3 Å². The molecule has 0 radical (unpaired) electrons. The molecule has 9 nitrogen and oxygen atoms in total. The summed E-state index contributed by atoms with van der Waals surface area (Å²) in [5.41, 5.74) is 2.70. The van der Waals surface area contributed by atoms with Gasteiger partial charge in [0.15, 0.2) is 0 Å². The first-order chi connectivity index (χ1) is 17.4. The van der Waals surface area contributed by atoms with Crippen molar-refractivity contribution in [2.45, 2.75) is 26.3 Å². The highest BCUT2D eigenvalue weighted by Gasteiger charge is 2.36. The van der Waals surface area contributed by atoms with Crippen molar-refractivity contribution < 1.29 is 19.1 Å². The van der Waals surface area contributed by atoms with E-state index in [1.807, 2.05) is 68.1 Å². The van der Waals surface area contributed by atoms with E-state index in [1.54, 1.807) is 17.0 Å². The molecule has 0 saturated carbocycles. The van der Waals surface area contributed by atoms with Crippen LogP contribution in [0, 0.1) is 5.92 Å². The molecule has 3 heterocycles. The molecule has 36 heavy (non-hydrogen) atoms. The Morgan fingerprint density at radius 2 is 1.92 bits per heavy atom. The van der Waals surface area contributed by atoms with Crippen LogP contribution in [0.15, 0.2) is 47.7 Å². The molecule has 0 spiro atoms. The van der Waals surface area contributed by atoms with Gasteiger partial charge in [-0.15, -0.1) is 0 Å². The fraction of sp³-hybridized carbons (Fsp3) is 0.519. The van der Waals surface area contributed by atoms with E-state index in [0.29, 0.717) is 38.5 Å². The fourth-order valence-electron chi connectivity index (χ4n) is 4.79. The third-order valence-corrected chi connectivity index (χ3v) is 6.82. The number of amides is 2. The molecule has 4 rings (SSSR count). The molecule has 1 fully saturated rings. The zero-order valence-corrected chi connectivity index (χ0v) is 21.7. The number of morpholine rings is 1. The van der Waals surface area contributed by atoms with E-state index in [0.717, 1.165) is 30.1 Å². The summed E-state index contributed by atoms with van der Waals surface area (Å²) in [4.78, 5) is 30.8. The molecule has 2 aromatic rings. The molecule has 0 bridgehead atoms. The number of aryl methyl sites for hydroxylation is 1. The van der Waals surface area contributed by atoms with E-state index >= 15 is 0 Å². The number of rotatable bonds is 9. The zero-order chi connectivity index (χ0) is 25.7. The van der Waals surface area contributed by atoms with Crippen molar-refractivity contribution in [2.24, 2.45) is 18.1 Å². The van der Waals surface area contributed by atoms with Crippen molar-refractivity contribution in [1.29, 1.82) is 0 Å². The quantitative estimate of drug-likeness (QED) is 0.534. The highest BCUT2D eigenvalue weighted by molar-refractivity contribution is 6.02. The number of carbonyl (C=O) groups is 2. The van der Waals surface area contributed by atoms with Crippen molar-refractivity contribution in [3.8, 4) is 5.75 Å². The van der Waals surface area contributed by atoms with Gasteiger partial charge in [0.2, 0.25) is 5.91 Å². The zero-order valence-electron chi connectivity index (χ0n) is 21.7. The summed E-state index contributed by atoms with van der Waals surface area (Å²) in [6.45, 7) is 7.99. The summed E-state index contributed by atoms with van der Waals surface area (Å²) in [5, 5.41) is 6.34. The largest absolute Gasteiger partial charge is 0.496 e. The Balaban J connectivity index is 1.58. The molecule has 1 aromatic carbocycles. The van der Waals surface area contributed by atoms with Gasteiger partial charge in [-0.25, -0.2) is 5.01 Å². The van der Waals surface area contributed by atoms with Gasteiger partial charge >= 0.3 is 0 Å². The third kappa shape index (κ3) is 5.79. The number of ether oxygens (including phenoxy) is 2. The standard InChI is InChI=1S/C27H37N5O4/c1-20(2)27(34)31(13-12-30-14-16-36-17-15-30)19-26(33)32-24(21-8-5-6-10-25(21)35-4)18-22(28-32)23-9-7-11-29(23)3/h5-11,20,24H,12-19H2,1-4H3/t24-/m1/s1. The van der Waals surface area contributed by atoms with E-state index in [4.69, 9.17) is 14.6 Å². The number of aromatic nitrogens is 1. The molecule has 0 aliphatic carbocycles. The molecule has 0 N–H and O–H groups in total. The normalized spacial score (nSPS) is 18.4. The predicted molar refractivity (Wildman–Crippen MR) is 138 cm³/mol. The van der Waals surface area contributed by atoms with Crippen molar-refractivity contribution in [2.75, 3.05) is 53.0 Å². The predicted octanol–water partition coefficient (Wildman–Crippen LogP) is 2.53. The Morgan fingerprint density at radius 3 is 2.58 bits per heavy atom. The number of hydrogen-bond acceptors (Lipinski definition) is 6. The van der Waals surface area contributed by atoms with Crippen molar-refractivity contribution >= 4 is 17.5 Å². The maximum Gasteiger partial charge on any atom is 0.262 e. The van der Waals surface area contributed by atoms with Gasteiger partial charge in [0, 0.05) is 57.3 Å². The van der Waals surface area contributed by atoms with Crippen LogP contribution in [-0.4, -0.2) is 89.9 Å². The molecule has 2 amide bonds. The van der Waals surface area contributed by atoms with Gasteiger partial charge in [-0.1, -0.05) is 32.0 Å². The summed E-state index contributed by atoms with van der Waals surface area (Å²) >= 11 is 0. The number of hydrogen-bond donors (Lipinski definition) is 0. The Kier molecular flexibility index (Phi) is 8.43. The number of nitrogens with zero attached hydrogens (tertiary/aromatic N) is 5. The molecule has 1 atom stereocenters. The molecular formula is C27H37N5O4. The SMILES string of the molecule is COc1ccccc1[C@H]1CC(c2cccn2C)=NN1C(=O)CN(CCN1CCOCC1)C(=O)C(C)C. The first-order valence-electron chi connectivity index (χ1n) is 12.6. The van der Waals surface area contributed by atoms with E-state index in [1.165, 1.54) is 0 Å². The average molecular weight is 496 g/mol. The Hall–Kier alpha value is -3.17. The van der Waals surface area contributed by atoms with E-state index in [9.17, 15) is 9.59 Å². The highest BCUT2D eigenvalue weighted by atomic mass is 16.5. The topological polar surface area (TPSA) is 79.6 Å². The second-order valence-corrected chi connectivity index (χ2v) is 9.62. The number of hydrazone groups is 1. The molecule has 0 unspecified atom stereocenters. The Labute approximate surface area is 213 Å². The summed E-state index contributed by atoms with van der Waals surface area (Å²) in [7, 11) is 3.60. The summed E-state index contributed by atoms with van der Waals surface area (Å²) in [5.74, 6) is 0.280. The smallest absolute Gasteiger partial charge is 0.262 e. The lowest BCUT2D eigenvalue weighted by molar-refractivity contribution is -0.143. The maximum atomic E-state index is 13.8. The van der Waals surface area contributed by atoms with Crippen LogP contribution in [0.5, 0.6) is 5.75 Å². The fourth-order valence-corrected chi connectivity index (χ4v) is 4.79. The number of para-hydroxylation sites is 1. The minimum atomic E-state index is -0.311. The molecule has 9 heteroatoms. The molecular weight excluding hydrogens is 458 g/mol. The van der Waals surface area contributed by atoms with E-state index in [-0.39, 0.29) is 30.3 Å². The Morgan fingerprint density at radius 1 is 1.17 bits per heavy atom. The maximum absolute atomic E-state index is 13.8. The van der Waals surface area contributed by atoms with Crippen LogP contribution in [0.2, 0.25) is 0 Å². The minimum absolute atomic E-state index is 0.0169. The first kappa shape index (κ1) is 25.9. The summed E-state index contributed by atoms with van der Waals surface area (Å²) in [6.07, 6.45) is 2.53. The Bertz CT molecular complexity index is 1090. The van der Waals surface area contributed by atoms with Crippen LogP contribution in [0.25, 0.3) is 0 Å². The van der Waals surface area contributed by atoms with Crippen LogP contribution < -0.4 is 4.74 Å². The molecule has 1 saturated heterocycles. The van der Waals surface area contributed by atoms with E-state index in [2.05, 4.69) is 4.90 Å². The second-order valence-electron chi connectivity index (χ2n) is 9.62. The van der Waals surface area contributed by atoms with Gasteiger partial charge < -0.3 is 18.9 Å². The molecule has 2 aliphatic rings. The number of methoxy groups -OCH3 is 1. The van der Waals surface area contributed by atoms with Crippen LogP contribution >= 0.6 is 0 Å². The highest BCUT2D eigenvalue weighted by Crippen LogP contribution is 2.37. The third-order valence-electron chi connectivity index (χ3n) is 6.82. The average Bonchev–Trinajstić information content (AvgIpc) is 3.52. The van der Waals surface area contributed by atoms with Crippen LogP contribution in [0.1, 0.15) is 37.6 Å². The lowest BCUT2D eigenvalue weighted by atomic mass is 9.99. The van der Waals surface area contributed by atoms with Crippen LogP contribution in [0.3, 0.4) is 0 Å². The summed E-state index contributed by atoms with van der Waals surface area (Å²) in [6, 6.07) is 11.4. The van der Waals surface area contributed by atoms with Gasteiger partial charge in [0.25, 0.3) is 5.91 Å². The number of benzene rings is 1. The molecule has 1 aromatic heterocycles. The monoisotopic (exact) mass is 495 g/mol. The van der Waals surface area contributed by atoms with Gasteiger partial charge in [0.05, 0.1) is 37.8 Å². The van der Waals surface area contributed by atoms with Gasteiger partial charge in [-0.05, 0) is 18.2 Å². The van der Waals surface area contributed by atoms with Crippen molar-refractivity contribution in [1.82, 2.24) is 19.4 Å². The van der Waals surface area contributed by atoms with Crippen molar-refractivity contribution in [3.05, 3.63) is 53.9 Å². The first-order valence-corrected chi connectivity index (χ1v) is 12.6. The lowest BCUT2D eigenvalue weighted by Crippen LogP contribution is -2.47. The number of carbonyl (C=O) groups excluding carboxylic acids is 2. The second kappa shape index (κ2) is 11.7. The van der Waals surface area contributed by atoms with E-state index < -0.39 is 0 Å². The summed E-state index contributed by atoms with van der Waals surface area (Å²) < 4.78 is 13.1. The van der Waals surface area contributed by atoms with Gasteiger partial charge in [-0.3, -0.25) is 14.5 Å². The molecule has 194 valence electrons. The molecule has 2 aliphatic heterocycles. The van der Waals surface area contributed by atoms with Crippen LogP contribution in [-0.2, 0) is 21.4 Å². The van der Waals surface area contributed by atoms with Crippen molar-refractivity contribution in [3.63, 3.8) is 0 Å². The van der Waals surface area contributed by atoms with Crippen LogP contribution in [0.4, 0.5) is 0 Å². The lowest BCUT2D eigenvalue weighted by Gasteiger charge is -2.32. The van der Waals surface area contributed by atoms with Gasteiger partial charge in [-0.2, -0.15) is 5.10 Å².